The van der Waals surface area contributed by atoms with Gasteiger partial charge in [-0.3, -0.25) is 4.79 Å². The number of benzene rings is 2. The predicted molar refractivity (Wildman–Crippen MR) is 108 cm³/mol. The molecule has 0 radical (unpaired) electrons. The number of rotatable bonds is 7. The van der Waals surface area contributed by atoms with E-state index in [2.05, 4.69) is 29.4 Å². The highest BCUT2D eigenvalue weighted by Gasteiger charge is 2.17. The third-order valence-corrected chi connectivity index (χ3v) is 5.18. The van der Waals surface area contributed by atoms with Crippen LogP contribution in [-0.2, 0) is 0 Å². The molecule has 1 N–H and O–H groups in total. The lowest BCUT2D eigenvalue weighted by molar-refractivity contribution is 0.0947. The van der Waals surface area contributed by atoms with Gasteiger partial charge in [0.05, 0.1) is 19.8 Å². The Morgan fingerprint density at radius 1 is 1.11 bits per heavy atom. The molecule has 0 saturated carbocycles. The molecular weight excluding hydrogens is 360 g/mol. The molecule has 1 aromatic heterocycles. The number of methoxy groups -OCH3 is 2. The molecule has 0 spiro atoms. The molecule has 3 aromatic rings. The SMILES string of the molecule is COc1cccc(-c2nc(C(=O)NC[C@H](C)c3ccccc3)cs2)c1OC. The van der Waals surface area contributed by atoms with Crippen LogP contribution < -0.4 is 14.8 Å². The van der Waals surface area contributed by atoms with Crippen LogP contribution in [0.5, 0.6) is 11.5 Å². The molecule has 3 rings (SSSR count). The molecule has 5 nitrogen and oxygen atoms in total. The minimum absolute atomic E-state index is 0.179. The zero-order valence-corrected chi connectivity index (χ0v) is 16.4. The normalized spacial score (nSPS) is 11.7. The van der Waals surface area contributed by atoms with E-state index in [4.69, 9.17) is 9.47 Å². The van der Waals surface area contributed by atoms with Crippen molar-refractivity contribution in [1.29, 1.82) is 0 Å². The molecular formula is C21H22N2O3S. The van der Waals surface area contributed by atoms with Crippen molar-refractivity contribution in [3.8, 4) is 22.1 Å². The van der Waals surface area contributed by atoms with E-state index in [9.17, 15) is 4.79 Å². The zero-order chi connectivity index (χ0) is 19.2. The topological polar surface area (TPSA) is 60.5 Å². The first-order chi connectivity index (χ1) is 13.1. The first-order valence-electron chi connectivity index (χ1n) is 8.64. The van der Waals surface area contributed by atoms with Gasteiger partial charge in [-0.1, -0.05) is 43.3 Å². The first kappa shape index (κ1) is 18.9. The summed E-state index contributed by atoms with van der Waals surface area (Å²) in [4.78, 5) is 17.0. The summed E-state index contributed by atoms with van der Waals surface area (Å²) < 4.78 is 10.8. The number of nitrogens with zero attached hydrogens (tertiary/aromatic N) is 1. The fraction of sp³-hybridized carbons (Fsp3) is 0.238. The third-order valence-electron chi connectivity index (χ3n) is 4.31. The second kappa shape index (κ2) is 8.68. The van der Waals surface area contributed by atoms with Gasteiger partial charge in [-0.05, 0) is 23.6 Å². The van der Waals surface area contributed by atoms with Gasteiger partial charge in [-0.25, -0.2) is 4.98 Å². The second-order valence-corrected chi connectivity index (χ2v) is 6.96. The number of carbonyl (C=O) groups is 1. The Morgan fingerprint density at radius 2 is 1.89 bits per heavy atom. The van der Waals surface area contributed by atoms with E-state index in [-0.39, 0.29) is 11.8 Å². The molecule has 1 heterocycles. The van der Waals surface area contributed by atoms with Crippen LogP contribution in [0, 0.1) is 0 Å². The highest BCUT2D eigenvalue weighted by molar-refractivity contribution is 7.13. The molecule has 0 aliphatic rings. The maximum absolute atomic E-state index is 12.5. The summed E-state index contributed by atoms with van der Waals surface area (Å²) in [6, 6.07) is 15.7. The summed E-state index contributed by atoms with van der Waals surface area (Å²) in [5.74, 6) is 1.29. The van der Waals surface area contributed by atoms with Gasteiger partial charge in [0, 0.05) is 11.9 Å². The van der Waals surface area contributed by atoms with Crippen LogP contribution in [0.2, 0.25) is 0 Å². The van der Waals surface area contributed by atoms with Crippen LogP contribution >= 0.6 is 11.3 Å². The van der Waals surface area contributed by atoms with Crippen LogP contribution in [0.1, 0.15) is 28.9 Å². The average Bonchev–Trinajstić information content (AvgIpc) is 3.21. The summed E-state index contributed by atoms with van der Waals surface area (Å²) in [5.41, 5.74) is 2.40. The summed E-state index contributed by atoms with van der Waals surface area (Å²) >= 11 is 1.40. The number of ether oxygens (including phenoxy) is 2. The van der Waals surface area contributed by atoms with E-state index >= 15 is 0 Å². The highest BCUT2D eigenvalue weighted by atomic mass is 32.1. The fourth-order valence-corrected chi connectivity index (χ4v) is 3.61. The lowest BCUT2D eigenvalue weighted by atomic mass is 10.0. The maximum atomic E-state index is 12.5. The Bertz CT molecular complexity index is 909. The lowest BCUT2D eigenvalue weighted by Gasteiger charge is -2.12. The van der Waals surface area contributed by atoms with Gasteiger partial charge in [0.25, 0.3) is 5.91 Å². The molecule has 1 amide bonds. The summed E-state index contributed by atoms with van der Waals surface area (Å²) in [7, 11) is 3.18. The number of carbonyl (C=O) groups excluding carboxylic acids is 1. The monoisotopic (exact) mass is 382 g/mol. The molecule has 0 bridgehead atoms. The van der Waals surface area contributed by atoms with Crippen molar-refractivity contribution in [2.45, 2.75) is 12.8 Å². The van der Waals surface area contributed by atoms with E-state index in [0.29, 0.717) is 28.7 Å². The van der Waals surface area contributed by atoms with Crippen LogP contribution in [0.25, 0.3) is 10.6 Å². The zero-order valence-electron chi connectivity index (χ0n) is 15.6. The van der Waals surface area contributed by atoms with Crippen LogP contribution in [-0.4, -0.2) is 31.7 Å². The Hall–Kier alpha value is -2.86. The predicted octanol–water partition coefficient (Wildman–Crippen LogP) is 4.36. The molecule has 0 aliphatic carbocycles. The van der Waals surface area contributed by atoms with Crippen molar-refractivity contribution in [1.82, 2.24) is 10.3 Å². The molecule has 2 aromatic carbocycles. The number of para-hydroxylation sites is 1. The first-order valence-corrected chi connectivity index (χ1v) is 9.52. The smallest absolute Gasteiger partial charge is 0.270 e. The van der Waals surface area contributed by atoms with Gasteiger partial charge in [0.2, 0.25) is 0 Å². The van der Waals surface area contributed by atoms with Crippen LogP contribution in [0.4, 0.5) is 0 Å². The molecule has 6 heteroatoms. The van der Waals surface area contributed by atoms with E-state index in [1.807, 2.05) is 36.4 Å². The number of amides is 1. The molecule has 0 fully saturated rings. The van der Waals surface area contributed by atoms with Crippen molar-refractivity contribution < 1.29 is 14.3 Å². The van der Waals surface area contributed by atoms with Gasteiger partial charge in [0.1, 0.15) is 10.7 Å². The van der Waals surface area contributed by atoms with E-state index < -0.39 is 0 Å². The third kappa shape index (κ3) is 4.28. The second-order valence-electron chi connectivity index (χ2n) is 6.10. The molecule has 27 heavy (non-hydrogen) atoms. The Morgan fingerprint density at radius 3 is 2.59 bits per heavy atom. The van der Waals surface area contributed by atoms with Gasteiger partial charge >= 0.3 is 0 Å². The van der Waals surface area contributed by atoms with Gasteiger partial charge < -0.3 is 14.8 Å². The summed E-state index contributed by atoms with van der Waals surface area (Å²) in [6.45, 7) is 2.64. The van der Waals surface area contributed by atoms with Crippen molar-refractivity contribution in [2.75, 3.05) is 20.8 Å². The van der Waals surface area contributed by atoms with E-state index in [1.165, 1.54) is 16.9 Å². The molecule has 0 saturated heterocycles. The van der Waals surface area contributed by atoms with Gasteiger partial charge in [-0.15, -0.1) is 11.3 Å². The molecule has 140 valence electrons. The number of hydrogen-bond donors (Lipinski definition) is 1. The molecule has 0 aliphatic heterocycles. The minimum atomic E-state index is -0.179. The summed E-state index contributed by atoms with van der Waals surface area (Å²) in [6.07, 6.45) is 0. The average molecular weight is 382 g/mol. The number of nitrogens with one attached hydrogen (secondary N) is 1. The summed E-state index contributed by atoms with van der Waals surface area (Å²) in [5, 5.41) is 5.44. The maximum Gasteiger partial charge on any atom is 0.270 e. The fourth-order valence-electron chi connectivity index (χ4n) is 2.79. The number of aromatic nitrogens is 1. The Kier molecular flexibility index (Phi) is 6.08. The number of thiazole rings is 1. The molecule has 1 atom stereocenters. The van der Waals surface area contributed by atoms with Gasteiger partial charge in [0.15, 0.2) is 11.5 Å². The van der Waals surface area contributed by atoms with Gasteiger partial charge in [-0.2, -0.15) is 0 Å². The van der Waals surface area contributed by atoms with Crippen molar-refractivity contribution in [3.63, 3.8) is 0 Å². The lowest BCUT2D eigenvalue weighted by Crippen LogP contribution is -2.27. The van der Waals surface area contributed by atoms with Crippen molar-refractivity contribution in [3.05, 3.63) is 65.2 Å². The van der Waals surface area contributed by atoms with Crippen molar-refractivity contribution in [2.24, 2.45) is 0 Å². The van der Waals surface area contributed by atoms with Crippen LogP contribution in [0.3, 0.4) is 0 Å². The largest absolute Gasteiger partial charge is 0.493 e. The Balaban J connectivity index is 1.71. The van der Waals surface area contributed by atoms with Crippen LogP contribution in [0.15, 0.2) is 53.9 Å². The molecule has 0 unspecified atom stereocenters. The van der Waals surface area contributed by atoms with E-state index in [0.717, 1.165) is 5.56 Å². The number of hydrogen-bond acceptors (Lipinski definition) is 5. The minimum Gasteiger partial charge on any atom is -0.493 e. The highest BCUT2D eigenvalue weighted by Crippen LogP contribution is 2.38. The Labute approximate surface area is 163 Å². The standard InChI is InChI=1S/C21H22N2O3S/c1-14(15-8-5-4-6-9-15)12-22-20(24)17-13-27-21(23-17)16-10-7-11-18(25-2)19(16)26-3/h4-11,13-14H,12H2,1-3H3,(H,22,24)/t14-/m0/s1. The van der Waals surface area contributed by atoms with E-state index in [1.54, 1.807) is 19.6 Å². The quantitative estimate of drug-likeness (QED) is 0.659. The van der Waals surface area contributed by atoms with Crippen molar-refractivity contribution >= 4 is 17.2 Å².